The van der Waals surface area contributed by atoms with Crippen LogP contribution in [0.15, 0.2) is 6.33 Å². The molecule has 0 unspecified atom stereocenters. The standard InChI is InChI=1S/C13H19N6O4P/c14-13-17-11(16-7-1-2-7)10-12(18-13)19(6-15-10)5-8-3-4-9(23-8)24(20,21)22/h6-9H,1-5H2,(H2,20,21,22)(H3,14,16,17,18)/t8-,9-/m1/s1. The summed E-state index contributed by atoms with van der Waals surface area (Å²) in [5, 5.41) is 3.29. The first-order valence-corrected chi connectivity index (χ1v) is 9.54. The molecule has 0 bridgehead atoms. The van der Waals surface area contributed by atoms with Crippen molar-refractivity contribution < 1.29 is 19.1 Å². The van der Waals surface area contributed by atoms with Gasteiger partial charge in [-0.25, -0.2) is 4.98 Å². The first kappa shape index (κ1) is 15.8. The summed E-state index contributed by atoms with van der Waals surface area (Å²) in [5.74, 6) is -0.240. The number of fused-ring (bicyclic) bond motifs is 1. The van der Waals surface area contributed by atoms with Crippen LogP contribution in [-0.2, 0) is 15.8 Å². The number of imidazole rings is 1. The van der Waals surface area contributed by atoms with Gasteiger partial charge in [-0.05, 0) is 25.7 Å². The summed E-state index contributed by atoms with van der Waals surface area (Å²) in [5.41, 5.74) is 7.03. The lowest BCUT2D eigenvalue weighted by Crippen LogP contribution is -2.17. The van der Waals surface area contributed by atoms with Gasteiger partial charge < -0.3 is 30.1 Å². The number of nitrogens with one attached hydrogen (secondary N) is 1. The Morgan fingerprint density at radius 2 is 2.12 bits per heavy atom. The molecule has 2 aromatic heterocycles. The summed E-state index contributed by atoms with van der Waals surface area (Å²) in [7, 11) is -4.22. The highest BCUT2D eigenvalue weighted by Gasteiger charge is 2.37. The van der Waals surface area contributed by atoms with Crippen molar-refractivity contribution in [2.24, 2.45) is 0 Å². The summed E-state index contributed by atoms with van der Waals surface area (Å²) in [6.45, 7) is 0.409. The van der Waals surface area contributed by atoms with E-state index in [1.807, 2.05) is 0 Å². The predicted molar refractivity (Wildman–Crippen MR) is 86.3 cm³/mol. The Morgan fingerprint density at radius 1 is 1.33 bits per heavy atom. The third-order valence-corrected chi connectivity index (χ3v) is 5.39. The summed E-state index contributed by atoms with van der Waals surface area (Å²) >= 11 is 0. The van der Waals surface area contributed by atoms with Crippen LogP contribution in [-0.4, -0.2) is 47.3 Å². The minimum Gasteiger partial charge on any atom is -0.368 e. The first-order chi connectivity index (χ1) is 11.4. The van der Waals surface area contributed by atoms with Gasteiger partial charge in [0.05, 0.1) is 19.0 Å². The van der Waals surface area contributed by atoms with Crippen LogP contribution in [0.5, 0.6) is 0 Å². The molecule has 1 saturated heterocycles. The molecule has 1 aliphatic heterocycles. The number of aromatic nitrogens is 4. The molecule has 24 heavy (non-hydrogen) atoms. The van der Waals surface area contributed by atoms with Gasteiger partial charge in [0.15, 0.2) is 22.8 Å². The second-order valence-electron chi connectivity index (χ2n) is 6.30. The number of hydrogen-bond acceptors (Lipinski definition) is 7. The van der Waals surface area contributed by atoms with E-state index in [9.17, 15) is 14.4 Å². The first-order valence-electron chi connectivity index (χ1n) is 7.86. The number of ether oxygens (including phenoxy) is 1. The molecule has 11 heteroatoms. The van der Waals surface area contributed by atoms with Gasteiger partial charge in [-0.2, -0.15) is 9.97 Å². The van der Waals surface area contributed by atoms with Crippen LogP contribution in [0.25, 0.3) is 11.2 Å². The Morgan fingerprint density at radius 3 is 2.79 bits per heavy atom. The summed E-state index contributed by atoms with van der Waals surface area (Å²) in [6, 6.07) is 0.412. The van der Waals surface area contributed by atoms with E-state index in [1.165, 1.54) is 0 Å². The fourth-order valence-corrected chi connectivity index (χ4v) is 3.72. The number of nitrogens with two attached hydrogens (primary N) is 1. The van der Waals surface area contributed by atoms with E-state index in [1.54, 1.807) is 10.9 Å². The zero-order valence-electron chi connectivity index (χ0n) is 12.9. The van der Waals surface area contributed by atoms with Crippen molar-refractivity contribution in [2.45, 2.75) is 50.2 Å². The summed E-state index contributed by atoms with van der Waals surface area (Å²) in [4.78, 5) is 31.3. The zero-order valence-corrected chi connectivity index (χ0v) is 13.8. The van der Waals surface area contributed by atoms with E-state index in [4.69, 9.17) is 10.5 Å². The highest BCUT2D eigenvalue weighted by atomic mass is 31.2. The Bertz CT molecular complexity index is 816. The molecule has 2 atom stereocenters. The fourth-order valence-electron chi connectivity index (χ4n) is 2.90. The summed E-state index contributed by atoms with van der Waals surface area (Å²) < 4.78 is 18.6. The van der Waals surface area contributed by atoms with E-state index >= 15 is 0 Å². The molecule has 2 aliphatic rings. The lowest BCUT2D eigenvalue weighted by molar-refractivity contribution is 0.0621. The Balaban J connectivity index is 1.57. The van der Waals surface area contributed by atoms with Gasteiger partial charge in [0.2, 0.25) is 5.95 Å². The molecular formula is C13H19N6O4P. The Kier molecular flexibility index (Phi) is 3.72. The zero-order chi connectivity index (χ0) is 16.9. The molecule has 1 saturated carbocycles. The largest absolute Gasteiger partial charge is 0.368 e. The molecule has 5 N–H and O–H groups in total. The van der Waals surface area contributed by atoms with Crippen LogP contribution < -0.4 is 11.1 Å². The van der Waals surface area contributed by atoms with Crippen LogP contribution in [0, 0.1) is 0 Å². The minimum atomic E-state index is -4.22. The minimum absolute atomic E-state index is 0.160. The number of hydrogen-bond donors (Lipinski definition) is 4. The Hall–Kier alpha value is -1.74. The smallest absolute Gasteiger partial charge is 0.354 e. The van der Waals surface area contributed by atoms with E-state index < -0.39 is 13.4 Å². The molecule has 0 radical (unpaired) electrons. The van der Waals surface area contributed by atoms with Gasteiger partial charge in [-0.3, -0.25) is 4.57 Å². The molecule has 2 aromatic rings. The molecule has 3 heterocycles. The van der Waals surface area contributed by atoms with Crippen molar-refractivity contribution in [1.29, 1.82) is 0 Å². The highest BCUT2D eigenvalue weighted by Crippen LogP contribution is 2.48. The molecule has 4 rings (SSSR count). The molecule has 1 aliphatic carbocycles. The second-order valence-corrected chi connectivity index (χ2v) is 8.05. The van der Waals surface area contributed by atoms with E-state index in [0.717, 1.165) is 12.8 Å². The average Bonchev–Trinajstić information content (AvgIpc) is 3.03. The molecule has 2 fully saturated rings. The normalized spacial score (nSPS) is 24.6. The van der Waals surface area contributed by atoms with Crippen molar-refractivity contribution in [3.63, 3.8) is 0 Å². The van der Waals surface area contributed by atoms with Crippen LogP contribution in [0.2, 0.25) is 0 Å². The van der Waals surface area contributed by atoms with Crippen molar-refractivity contribution in [3.05, 3.63) is 6.33 Å². The highest BCUT2D eigenvalue weighted by molar-refractivity contribution is 7.52. The van der Waals surface area contributed by atoms with E-state index in [2.05, 4.69) is 20.3 Å². The lowest BCUT2D eigenvalue weighted by atomic mass is 10.2. The van der Waals surface area contributed by atoms with Gasteiger partial charge in [-0.1, -0.05) is 0 Å². The summed E-state index contributed by atoms with van der Waals surface area (Å²) in [6.07, 6.45) is 4.45. The maximum atomic E-state index is 11.3. The van der Waals surface area contributed by atoms with Crippen LogP contribution in [0.4, 0.5) is 11.8 Å². The molecule has 0 amide bonds. The molecule has 130 valence electrons. The van der Waals surface area contributed by atoms with Gasteiger partial charge in [-0.15, -0.1) is 0 Å². The number of rotatable bonds is 5. The van der Waals surface area contributed by atoms with Crippen LogP contribution >= 0.6 is 7.60 Å². The van der Waals surface area contributed by atoms with E-state index in [-0.39, 0.29) is 12.1 Å². The van der Waals surface area contributed by atoms with Crippen molar-refractivity contribution in [3.8, 4) is 0 Å². The molecular weight excluding hydrogens is 335 g/mol. The lowest BCUT2D eigenvalue weighted by Gasteiger charge is -2.15. The quantitative estimate of drug-likeness (QED) is 0.568. The topological polar surface area (TPSA) is 148 Å². The number of nitrogens with zero attached hydrogens (tertiary/aromatic N) is 4. The van der Waals surface area contributed by atoms with Crippen LogP contribution in [0.1, 0.15) is 25.7 Å². The van der Waals surface area contributed by atoms with E-state index in [0.29, 0.717) is 42.4 Å². The Labute approximate surface area is 137 Å². The molecule has 10 nitrogen and oxygen atoms in total. The fraction of sp³-hybridized carbons (Fsp3) is 0.615. The molecule has 0 aromatic carbocycles. The van der Waals surface area contributed by atoms with Gasteiger partial charge in [0.25, 0.3) is 0 Å². The number of anilines is 2. The molecule has 0 spiro atoms. The third-order valence-electron chi connectivity index (χ3n) is 4.26. The second kappa shape index (κ2) is 5.66. The third kappa shape index (κ3) is 3.10. The van der Waals surface area contributed by atoms with Gasteiger partial charge in [0, 0.05) is 6.04 Å². The van der Waals surface area contributed by atoms with Crippen LogP contribution in [0.3, 0.4) is 0 Å². The number of nitrogen functional groups attached to an aromatic ring is 1. The maximum absolute atomic E-state index is 11.3. The van der Waals surface area contributed by atoms with Crippen molar-refractivity contribution in [1.82, 2.24) is 19.5 Å². The van der Waals surface area contributed by atoms with Crippen molar-refractivity contribution in [2.75, 3.05) is 11.1 Å². The average molecular weight is 354 g/mol. The van der Waals surface area contributed by atoms with Gasteiger partial charge in [0.1, 0.15) is 0 Å². The van der Waals surface area contributed by atoms with Crippen molar-refractivity contribution >= 4 is 30.5 Å². The maximum Gasteiger partial charge on any atom is 0.354 e. The van der Waals surface area contributed by atoms with Gasteiger partial charge >= 0.3 is 7.60 Å². The predicted octanol–water partition coefficient (Wildman–Crippen LogP) is 0.666. The SMILES string of the molecule is Nc1nc(NC2CC2)c2ncn(C[C@H]3CC[C@@H](P(=O)(O)O)O3)c2n1. The monoisotopic (exact) mass is 354 g/mol.